The summed E-state index contributed by atoms with van der Waals surface area (Å²) >= 11 is 0. The highest BCUT2D eigenvalue weighted by atomic mass is 16.1. The average molecular weight is 320 g/mol. The second-order valence-electron chi connectivity index (χ2n) is 9.13. The molecule has 3 saturated carbocycles. The van der Waals surface area contributed by atoms with E-state index in [4.69, 9.17) is 12.8 Å². The maximum atomic E-state index is 12.5. The molecule has 126 valence electrons. The van der Waals surface area contributed by atoms with Crippen LogP contribution in [0.5, 0.6) is 0 Å². The van der Waals surface area contributed by atoms with Crippen molar-refractivity contribution in [3.05, 3.63) is 11.6 Å². The van der Waals surface area contributed by atoms with Gasteiger partial charge in [0.25, 0.3) is 0 Å². The molecule has 0 aromatic carbocycles. The van der Waals surface area contributed by atoms with Crippen molar-refractivity contribution in [1.29, 1.82) is 0 Å². The molecule has 7 atom stereocenters. The molecule has 0 radical (unpaired) electrons. The van der Waals surface area contributed by atoms with E-state index in [2.05, 4.69) is 31.8 Å². The molecule has 0 saturated heterocycles. The summed E-state index contributed by atoms with van der Waals surface area (Å²) in [5.41, 5.74) is 1.70. The van der Waals surface area contributed by atoms with E-state index in [1.807, 2.05) is 0 Å². The Balaban J connectivity index is 1.70. The third kappa shape index (κ3) is 1.94. The topological polar surface area (TPSA) is 17.1 Å². The van der Waals surface area contributed by atoms with E-state index in [1.54, 1.807) is 5.57 Å². The lowest BCUT2D eigenvalue weighted by molar-refractivity contribution is -0.132. The lowest BCUT2D eigenvalue weighted by Gasteiger charge is -2.57. The maximum absolute atomic E-state index is 12.5. The van der Waals surface area contributed by atoms with E-state index in [-0.39, 0.29) is 22.7 Å². The summed E-state index contributed by atoms with van der Waals surface area (Å²) in [5.74, 6) is 8.78. The second-order valence-corrected chi connectivity index (χ2v) is 9.13. The Morgan fingerprint density at radius 2 is 1.79 bits per heavy atom. The first kappa shape index (κ1) is 16.0. The van der Waals surface area contributed by atoms with Crippen molar-refractivity contribution in [2.75, 3.05) is 0 Å². The van der Waals surface area contributed by atoms with E-state index >= 15 is 0 Å². The summed E-state index contributed by atoms with van der Waals surface area (Å²) in [5, 5.41) is 0. The zero-order valence-electron chi connectivity index (χ0n) is 15.0. The molecule has 4 aliphatic rings. The van der Waals surface area contributed by atoms with Gasteiger partial charge >= 0.3 is 0 Å². The highest BCUT2D eigenvalue weighted by molar-refractivity contribution is 5.87. The van der Waals surface area contributed by atoms with Crippen LogP contribution in [0.3, 0.4) is 0 Å². The van der Waals surface area contributed by atoms with Crippen LogP contribution in [0.15, 0.2) is 11.6 Å². The molecular formula is C23H28O. The summed E-state index contributed by atoms with van der Waals surface area (Å²) in [6.07, 6.45) is 21.4. The second kappa shape index (κ2) is 5.26. The lowest BCUT2D eigenvalue weighted by Crippen LogP contribution is -2.51. The first-order valence-corrected chi connectivity index (χ1v) is 9.59. The molecule has 24 heavy (non-hydrogen) atoms. The zero-order chi connectivity index (χ0) is 17.1. The number of fused-ring (bicyclic) bond motifs is 5. The Labute approximate surface area is 146 Å². The van der Waals surface area contributed by atoms with Crippen LogP contribution in [0.2, 0.25) is 0 Å². The predicted octanol–water partition coefficient (Wildman–Crippen LogP) is 4.63. The van der Waals surface area contributed by atoms with Crippen molar-refractivity contribution in [2.45, 2.75) is 58.8 Å². The molecule has 0 bridgehead atoms. The molecule has 0 aromatic heterocycles. The molecule has 4 rings (SSSR count). The van der Waals surface area contributed by atoms with E-state index in [9.17, 15) is 4.79 Å². The minimum atomic E-state index is -0.0512. The van der Waals surface area contributed by atoms with Gasteiger partial charge in [0.1, 0.15) is 5.78 Å². The van der Waals surface area contributed by atoms with Crippen molar-refractivity contribution < 1.29 is 4.79 Å². The van der Waals surface area contributed by atoms with Crippen LogP contribution in [0.25, 0.3) is 0 Å². The number of Topliss-reactive ketones (excluding diaryl/α,β-unsaturated/α-hetero) is 1. The molecule has 3 fully saturated rings. The highest BCUT2D eigenvalue weighted by Crippen LogP contribution is 2.64. The number of allylic oxidation sites excluding steroid dienone is 2. The first-order chi connectivity index (χ1) is 11.4. The summed E-state index contributed by atoms with van der Waals surface area (Å²) < 4.78 is 0. The van der Waals surface area contributed by atoms with E-state index in [0.29, 0.717) is 23.5 Å². The molecule has 4 aliphatic carbocycles. The van der Waals surface area contributed by atoms with Gasteiger partial charge in [0.05, 0.1) is 0 Å². The predicted molar refractivity (Wildman–Crippen MR) is 96.7 cm³/mol. The molecule has 1 heteroatoms. The van der Waals surface area contributed by atoms with Gasteiger partial charge in [-0.05, 0) is 61.7 Å². The Morgan fingerprint density at radius 3 is 2.50 bits per heavy atom. The van der Waals surface area contributed by atoms with E-state index in [0.717, 1.165) is 38.5 Å². The molecule has 0 aliphatic heterocycles. The lowest BCUT2D eigenvalue weighted by atomic mass is 9.46. The Morgan fingerprint density at radius 1 is 1.08 bits per heavy atom. The monoisotopic (exact) mass is 320 g/mol. The number of ketones is 1. The van der Waals surface area contributed by atoms with E-state index < -0.39 is 0 Å². The SMILES string of the molecule is C#CC1CC2=CC[C@@H]3[C@@H](CC[C@]4(C)C(=O)CC[C@@H]34)[C@@]2(C)CC1C#C. The molecule has 0 aromatic rings. The molecule has 0 amide bonds. The summed E-state index contributed by atoms with van der Waals surface area (Å²) in [4.78, 5) is 12.5. The Kier molecular flexibility index (Phi) is 3.51. The summed E-state index contributed by atoms with van der Waals surface area (Å²) in [7, 11) is 0. The quantitative estimate of drug-likeness (QED) is 0.470. The van der Waals surface area contributed by atoms with Crippen molar-refractivity contribution >= 4 is 5.78 Å². The first-order valence-electron chi connectivity index (χ1n) is 9.59. The van der Waals surface area contributed by atoms with Gasteiger partial charge in [-0.25, -0.2) is 0 Å². The van der Waals surface area contributed by atoms with Crippen LogP contribution in [-0.2, 0) is 4.79 Å². The molecule has 0 spiro atoms. The van der Waals surface area contributed by atoms with Crippen molar-refractivity contribution in [3.63, 3.8) is 0 Å². The summed E-state index contributed by atoms with van der Waals surface area (Å²) in [6.45, 7) is 4.68. The zero-order valence-corrected chi connectivity index (χ0v) is 15.0. The summed E-state index contributed by atoms with van der Waals surface area (Å²) in [6, 6.07) is 0. The fourth-order valence-electron chi connectivity index (χ4n) is 6.86. The van der Waals surface area contributed by atoms with Crippen molar-refractivity contribution in [2.24, 2.45) is 40.4 Å². The Bertz CT molecular complexity index is 686. The molecule has 1 nitrogen and oxygen atoms in total. The number of rotatable bonds is 0. The number of carbonyl (C=O) groups excluding carboxylic acids is 1. The maximum Gasteiger partial charge on any atom is 0.139 e. The third-order valence-corrected chi connectivity index (χ3v) is 8.33. The van der Waals surface area contributed by atoms with Gasteiger partial charge in [0.15, 0.2) is 0 Å². The van der Waals surface area contributed by atoms with Crippen LogP contribution < -0.4 is 0 Å². The third-order valence-electron chi connectivity index (χ3n) is 8.33. The van der Waals surface area contributed by atoms with Gasteiger partial charge < -0.3 is 0 Å². The fourth-order valence-corrected chi connectivity index (χ4v) is 6.86. The average Bonchev–Trinajstić information content (AvgIpc) is 2.88. The van der Waals surface area contributed by atoms with Crippen molar-refractivity contribution in [1.82, 2.24) is 0 Å². The van der Waals surface area contributed by atoms with Gasteiger partial charge in [-0.2, -0.15) is 0 Å². The normalized spacial score (nSPS) is 49.9. The minimum absolute atomic E-state index is 0.0512. The van der Waals surface area contributed by atoms with Crippen LogP contribution in [0.4, 0.5) is 0 Å². The van der Waals surface area contributed by atoms with Gasteiger partial charge in [0.2, 0.25) is 0 Å². The van der Waals surface area contributed by atoms with Gasteiger partial charge in [-0.3, -0.25) is 4.79 Å². The number of hydrogen-bond donors (Lipinski definition) is 0. The Hall–Kier alpha value is -1.47. The largest absolute Gasteiger partial charge is 0.299 e. The number of hydrogen-bond acceptors (Lipinski definition) is 1. The van der Waals surface area contributed by atoms with Gasteiger partial charge in [-0.1, -0.05) is 25.5 Å². The minimum Gasteiger partial charge on any atom is -0.299 e. The smallest absolute Gasteiger partial charge is 0.139 e. The highest BCUT2D eigenvalue weighted by Gasteiger charge is 2.59. The van der Waals surface area contributed by atoms with Crippen LogP contribution in [0, 0.1) is 65.1 Å². The van der Waals surface area contributed by atoms with Crippen molar-refractivity contribution in [3.8, 4) is 24.7 Å². The molecule has 0 heterocycles. The molecular weight excluding hydrogens is 292 g/mol. The molecule has 0 N–H and O–H groups in total. The van der Waals surface area contributed by atoms with Crippen LogP contribution in [-0.4, -0.2) is 5.78 Å². The van der Waals surface area contributed by atoms with Gasteiger partial charge in [-0.15, -0.1) is 24.7 Å². The number of terminal acetylenes is 2. The molecule has 2 unspecified atom stereocenters. The standard InChI is InChI=1S/C23H28O/c1-5-15-13-17-7-8-18-19-9-10-21(24)22(19,3)12-11-20(18)23(17,4)14-16(15)6-2/h1-2,7,15-16,18-20H,8-14H2,3-4H3/t15?,16?,18-,19-,20+,22-,23-/m0/s1. The van der Waals surface area contributed by atoms with Crippen LogP contribution >= 0.6 is 0 Å². The van der Waals surface area contributed by atoms with Gasteiger partial charge in [0, 0.05) is 23.7 Å². The van der Waals surface area contributed by atoms with E-state index in [1.165, 1.54) is 6.42 Å². The fraction of sp³-hybridized carbons (Fsp3) is 0.696. The van der Waals surface area contributed by atoms with Crippen LogP contribution in [0.1, 0.15) is 58.8 Å². The number of carbonyl (C=O) groups is 1.